The third-order valence-electron chi connectivity index (χ3n) is 7.09. The molecule has 0 bridgehead atoms. The number of ether oxygens (including phenoxy) is 1. The van der Waals surface area contributed by atoms with Crippen LogP contribution in [0.2, 0.25) is 0 Å². The normalized spacial score (nSPS) is 36.5. The van der Waals surface area contributed by atoms with E-state index in [1.165, 1.54) is 12.8 Å². The topological polar surface area (TPSA) is 65.1 Å². The lowest BCUT2D eigenvalue weighted by Crippen LogP contribution is -2.67. The van der Waals surface area contributed by atoms with Gasteiger partial charge >= 0.3 is 6.09 Å². The number of fused-ring (bicyclic) bond motifs is 1. The maximum absolute atomic E-state index is 12.8. The monoisotopic (exact) mass is 392 g/mol. The third-order valence-corrected chi connectivity index (χ3v) is 7.09. The summed E-state index contributed by atoms with van der Waals surface area (Å²) in [6.07, 6.45) is 5.37. The van der Waals surface area contributed by atoms with E-state index in [4.69, 9.17) is 4.74 Å². The molecule has 2 aliphatic heterocycles. The quantitative estimate of drug-likeness (QED) is 0.798. The van der Waals surface area contributed by atoms with Crippen LogP contribution in [-0.4, -0.2) is 76.7 Å². The van der Waals surface area contributed by atoms with Crippen LogP contribution < -0.4 is 5.43 Å². The van der Waals surface area contributed by atoms with E-state index in [0.717, 1.165) is 38.4 Å². The highest BCUT2D eigenvalue weighted by molar-refractivity contribution is 5.75. The molecule has 0 aromatic rings. The van der Waals surface area contributed by atoms with E-state index in [2.05, 4.69) is 10.4 Å². The summed E-state index contributed by atoms with van der Waals surface area (Å²) in [5.74, 6) is 1.35. The first-order chi connectivity index (χ1) is 13.3. The number of nitrogens with zero attached hydrogens (tertiary/aromatic N) is 3. The molecule has 0 aromatic carbocycles. The Labute approximate surface area is 168 Å². The van der Waals surface area contributed by atoms with Gasteiger partial charge in [0.15, 0.2) is 0 Å². The van der Waals surface area contributed by atoms with Gasteiger partial charge in [0.25, 0.3) is 0 Å². The van der Waals surface area contributed by atoms with Crippen molar-refractivity contribution in [3.63, 3.8) is 0 Å². The van der Waals surface area contributed by atoms with Crippen LogP contribution in [0.25, 0.3) is 0 Å². The van der Waals surface area contributed by atoms with E-state index in [0.29, 0.717) is 18.4 Å². The Morgan fingerprint density at radius 2 is 1.79 bits per heavy atom. The van der Waals surface area contributed by atoms with Crippen LogP contribution in [0.5, 0.6) is 0 Å². The minimum atomic E-state index is -0.218. The van der Waals surface area contributed by atoms with Gasteiger partial charge in [-0.15, -0.1) is 0 Å². The zero-order chi connectivity index (χ0) is 20.0. The lowest BCUT2D eigenvalue weighted by Gasteiger charge is -2.54. The molecule has 1 N–H and O–H groups in total. The van der Waals surface area contributed by atoms with Crippen LogP contribution in [0.1, 0.15) is 59.8 Å². The summed E-state index contributed by atoms with van der Waals surface area (Å²) in [5.41, 5.74) is 3.60. The van der Waals surface area contributed by atoms with Crippen LogP contribution in [0.4, 0.5) is 4.79 Å². The molecule has 2 saturated heterocycles. The van der Waals surface area contributed by atoms with Gasteiger partial charge in [-0.1, -0.05) is 0 Å². The van der Waals surface area contributed by atoms with Gasteiger partial charge in [-0.25, -0.2) is 9.80 Å². The SMILES string of the molecule is CC(=O)N1C2CCC(C3CNN(C4CC4)C3)CC2N(C(=O)OC(C)C)C[C@@H]1C. The summed E-state index contributed by atoms with van der Waals surface area (Å²) in [5, 5.41) is 2.44. The maximum Gasteiger partial charge on any atom is 0.410 e. The van der Waals surface area contributed by atoms with E-state index in [1.54, 1.807) is 6.92 Å². The summed E-state index contributed by atoms with van der Waals surface area (Å²) in [6.45, 7) is 10.2. The van der Waals surface area contributed by atoms with Crippen molar-refractivity contribution in [2.45, 2.75) is 90.1 Å². The molecule has 4 fully saturated rings. The smallest absolute Gasteiger partial charge is 0.410 e. The molecule has 4 unspecified atom stereocenters. The van der Waals surface area contributed by atoms with Crippen molar-refractivity contribution < 1.29 is 14.3 Å². The van der Waals surface area contributed by atoms with Crippen molar-refractivity contribution in [2.75, 3.05) is 19.6 Å². The van der Waals surface area contributed by atoms with Crippen LogP contribution in [0, 0.1) is 11.8 Å². The van der Waals surface area contributed by atoms with E-state index in [9.17, 15) is 9.59 Å². The Hall–Kier alpha value is -1.34. The average Bonchev–Trinajstić information content (AvgIpc) is 3.36. The Morgan fingerprint density at radius 1 is 1.04 bits per heavy atom. The predicted molar refractivity (Wildman–Crippen MR) is 106 cm³/mol. The number of rotatable bonds is 3. The number of piperazine rings is 1. The van der Waals surface area contributed by atoms with Gasteiger partial charge in [-0.05, 0) is 64.7 Å². The fourth-order valence-corrected chi connectivity index (χ4v) is 5.70. The summed E-state index contributed by atoms with van der Waals surface area (Å²) in [6, 6.07) is 0.960. The molecule has 7 nitrogen and oxygen atoms in total. The maximum atomic E-state index is 12.8. The minimum Gasteiger partial charge on any atom is -0.447 e. The van der Waals surface area contributed by atoms with Gasteiger partial charge in [0.2, 0.25) is 5.91 Å². The lowest BCUT2D eigenvalue weighted by molar-refractivity contribution is -0.142. The molecule has 2 amide bonds. The second-order valence-corrected chi connectivity index (χ2v) is 9.57. The highest BCUT2D eigenvalue weighted by Gasteiger charge is 2.49. The van der Waals surface area contributed by atoms with E-state index in [1.807, 2.05) is 30.6 Å². The molecular weight excluding hydrogens is 356 g/mol. The number of hydrogen-bond donors (Lipinski definition) is 1. The largest absolute Gasteiger partial charge is 0.447 e. The molecule has 2 heterocycles. The standard InChI is InChI=1S/C21H36N4O3/c1-13(2)28-21(27)23-11-14(3)25(15(4)26)19-8-5-16(9-20(19)23)17-10-22-24(12-17)18-6-7-18/h13-14,16-20,22H,5-12H2,1-4H3/t14-,16?,17?,19?,20?/m0/s1. The molecule has 2 saturated carbocycles. The van der Waals surface area contributed by atoms with Crippen LogP contribution in [-0.2, 0) is 9.53 Å². The van der Waals surface area contributed by atoms with Crippen LogP contribution >= 0.6 is 0 Å². The molecule has 2 aliphatic carbocycles. The van der Waals surface area contributed by atoms with Crippen molar-refractivity contribution in [3.05, 3.63) is 0 Å². The van der Waals surface area contributed by atoms with E-state index >= 15 is 0 Å². The predicted octanol–water partition coefficient (Wildman–Crippen LogP) is 2.22. The summed E-state index contributed by atoms with van der Waals surface area (Å²) in [4.78, 5) is 29.2. The Bertz CT molecular complexity index is 608. The molecule has 7 heteroatoms. The van der Waals surface area contributed by atoms with Gasteiger partial charge in [0, 0.05) is 38.6 Å². The zero-order valence-corrected chi connectivity index (χ0v) is 17.8. The number of hydrazine groups is 1. The van der Waals surface area contributed by atoms with Gasteiger partial charge in [-0.2, -0.15) is 0 Å². The Balaban J connectivity index is 1.49. The lowest BCUT2D eigenvalue weighted by atomic mass is 9.73. The van der Waals surface area contributed by atoms with Crippen molar-refractivity contribution in [1.82, 2.24) is 20.2 Å². The van der Waals surface area contributed by atoms with Gasteiger partial charge in [-0.3, -0.25) is 10.2 Å². The van der Waals surface area contributed by atoms with Crippen molar-refractivity contribution in [3.8, 4) is 0 Å². The number of hydrogen-bond acceptors (Lipinski definition) is 5. The summed E-state index contributed by atoms with van der Waals surface area (Å²) in [7, 11) is 0. The number of nitrogens with one attached hydrogen (secondary N) is 1. The van der Waals surface area contributed by atoms with Crippen molar-refractivity contribution in [1.29, 1.82) is 0 Å². The highest BCUT2D eigenvalue weighted by Crippen LogP contribution is 2.40. The summed E-state index contributed by atoms with van der Waals surface area (Å²) < 4.78 is 5.56. The number of carbonyl (C=O) groups is 2. The zero-order valence-electron chi connectivity index (χ0n) is 17.8. The molecule has 0 radical (unpaired) electrons. The Kier molecular flexibility index (Phi) is 5.58. The first kappa shape index (κ1) is 20.0. The third kappa shape index (κ3) is 3.88. The minimum absolute atomic E-state index is 0.0357. The second-order valence-electron chi connectivity index (χ2n) is 9.57. The van der Waals surface area contributed by atoms with E-state index < -0.39 is 0 Å². The highest BCUT2D eigenvalue weighted by atomic mass is 16.6. The van der Waals surface area contributed by atoms with Gasteiger partial charge in [0.05, 0.1) is 18.2 Å². The average molecular weight is 393 g/mol. The van der Waals surface area contributed by atoms with Gasteiger partial charge in [0.1, 0.15) is 0 Å². The van der Waals surface area contributed by atoms with Crippen molar-refractivity contribution in [2.24, 2.45) is 11.8 Å². The fraction of sp³-hybridized carbons (Fsp3) is 0.905. The van der Waals surface area contributed by atoms with Crippen LogP contribution in [0.3, 0.4) is 0 Å². The first-order valence-corrected chi connectivity index (χ1v) is 11.1. The number of amides is 2. The molecule has 0 aromatic heterocycles. The van der Waals surface area contributed by atoms with Gasteiger partial charge < -0.3 is 14.5 Å². The van der Waals surface area contributed by atoms with Crippen molar-refractivity contribution >= 4 is 12.0 Å². The fourth-order valence-electron chi connectivity index (χ4n) is 5.70. The molecule has 28 heavy (non-hydrogen) atoms. The first-order valence-electron chi connectivity index (χ1n) is 11.1. The molecular formula is C21H36N4O3. The van der Waals surface area contributed by atoms with Crippen LogP contribution in [0.15, 0.2) is 0 Å². The summed E-state index contributed by atoms with van der Waals surface area (Å²) >= 11 is 0. The second kappa shape index (κ2) is 7.82. The molecule has 158 valence electrons. The molecule has 4 rings (SSSR count). The number of carbonyl (C=O) groups excluding carboxylic acids is 2. The Morgan fingerprint density at radius 3 is 2.43 bits per heavy atom. The molecule has 0 spiro atoms. The molecule has 4 aliphatic rings. The molecule has 5 atom stereocenters. The van der Waals surface area contributed by atoms with E-state index in [-0.39, 0.29) is 36.2 Å².